The first-order valence-electron chi connectivity index (χ1n) is 5.01. The first-order valence-corrected chi connectivity index (χ1v) is 5.01. The molecule has 0 aromatic carbocycles. The van der Waals surface area contributed by atoms with Crippen molar-refractivity contribution in [1.29, 1.82) is 0 Å². The van der Waals surface area contributed by atoms with Crippen LogP contribution in [0.5, 0.6) is 0 Å². The van der Waals surface area contributed by atoms with E-state index in [1.807, 2.05) is 4.90 Å². The molecule has 0 aromatic heterocycles. The highest BCUT2D eigenvalue weighted by Crippen LogP contribution is 2.26. The van der Waals surface area contributed by atoms with Crippen LogP contribution in [-0.4, -0.2) is 35.6 Å². The van der Waals surface area contributed by atoms with Crippen LogP contribution in [-0.2, 0) is 4.79 Å². The van der Waals surface area contributed by atoms with E-state index in [4.69, 9.17) is 5.11 Å². The summed E-state index contributed by atoms with van der Waals surface area (Å²) in [5.74, 6) is 1.49. The molecule has 0 aliphatic carbocycles. The zero-order chi connectivity index (χ0) is 9.84. The number of hydrogen-bond donors (Lipinski definition) is 1. The molecule has 76 valence electrons. The molecule has 0 aromatic rings. The van der Waals surface area contributed by atoms with Crippen LogP contribution in [0.1, 0.15) is 26.7 Å². The summed E-state index contributed by atoms with van der Waals surface area (Å²) in [5, 5.41) is 8.66. The molecule has 1 aliphatic heterocycles. The monoisotopic (exact) mass is 185 g/mol. The van der Waals surface area contributed by atoms with Crippen molar-refractivity contribution in [3.05, 3.63) is 0 Å². The van der Waals surface area contributed by atoms with Crippen molar-refractivity contribution >= 4 is 5.91 Å². The number of carbonyl (C=O) groups is 1. The summed E-state index contributed by atoms with van der Waals surface area (Å²) in [7, 11) is 0. The third-order valence-electron chi connectivity index (χ3n) is 2.98. The molecule has 0 saturated carbocycles. The van der Waals surface area contributed by atoms with E-state index in [0.717, 1.165) is 25.9 Å². The molecule has 3 heteroatoms. The summed E-state index contributed by atoms with van der Waals surface area (Å²) in [6.45, 7) is 5.95. The summed E-state index contributed by atoms with van der Waals surface area (Å²) < 4.78 is 0. The maximum absolute atomic E-state index is 10.9. The highest BCUT2D eigenvalue weighted by Gasteiger charge is 2.31. The lowest BCUT2D eigenvalue weighted by Crippen LogP contribution is -2.51. The fourth-order valence-electron chi connectivity index (χ4n) is 1.78. The van der Waals surface area contributed by atoms with Crippen LogP contribution in [0.2, 0.25) is 0 Å². The van der Waals surface area contributed by atoms with E-state index >= 15 is 0 Å². The van der Waals surface area contributed by atoms with Gasteiger partial charge >= 0.3 is 0 Å². The smallest absolute Gasteiger partial charge is 0.219 e. The van der Waals surface area contributed by atoms with Crippen molar-refractivity contribution in [2.24, 2.45) is 11.8 Å². The third kappa shape index (κ3) is 2.69. The summed E-state index contributed by atoms with van der Waals surface area (Å²) in [6.07, 6.45) is 1.96. The standard InChI is InChI=1S/C10H19NO2/c1-8(4-3-5-12)10-6-11(7-10)9(2)13/h8,10,12H,3-7H2,1-2H3. The van der Waals surface area contributed by atoms with E-state index in [9.17, 15) is 4.79 Å². The maximum Gasteiger partial charge on any atom is 0.219 e. The molecule has 1 aliphatic rings. The van der Waals surface area contributed by atoms with Crippen LogP contribution in [0.25, 0.3) is 0 Å². The Labute approximate surface area is 79.7 Å². The maximum atomic E-state index is 10.9. The molecule has 1 saturated heterocycles. The number of hydrogen-bond acceptors (Lipinski definition) is 2. The topological polar surface area (TPSA) is 40.5 Å². The van der Waals surface area contributed by atoms with Gasteiger partial charge in [0, 0.05) is 26.6 Å². The van der Waals surface area contributed by atoms with Gasteiger partial charge in [-0.2, -0.15) is 0 Å². The van der Waals surface area contributed by atoms with Crippen molar-refractivity contribution in [2.45, 2.75) is 26.7 Å². The SMILES string of the molecule is CC(=O)N1CC(C(C)CCCO)C1. The molecule has 1 unspecified atom stereocenters. The van der Waals surface area contributed by atoms with Crippen LogP contribution in [0.15, 0.2) is 0 Å². The first-order chi connectivity index (χ1) is 6.15. The van der Waals surface area contributed by atoms with Crippen LogP contribution in [0, 0.1) is 11.8 Å². The van der Waals surface area contributed by atoms with Crippen molar-refractivity contribution < 1.29 is 9.90 Å². The molecule has 0 radical (unpaired) electrons. The van der Waals surface area contributed by atoms with E-state index in [2.05, 4.69) is 6.92 Å². The predicted molar refractivity (Wildman–Crippen MR) is 51.2 cm³/mol. The van der Waals surface area contributed by atoms with Crippen LogP contribution in [0.3, 0.4) is 0 Å². The molecule has 13 heavy (non-hydrogen) atoms. The van der Waals surface area contributed by atoms with Gasteiger partial charge in [0.05, 0.1) is 0 Å². The highest BCUT2D eigenvalue weighted by atomic mass is 16.2. The summed E-state index contributed by atoms with van der Waals surface area (Å²) in [6, 6.07) is 0. The minimum absolute atomic E-state index is 0.186. The molecule has 1 rings (SSSR count). The van der Waals surface area contributed by atoms with E-state index in [0.29, 0.717) is 11.8 Å². The van der Waals surface area contributed by atoms with E-state index in [1.165, 1.54) is 0 Å². The number of aliphatic hydroxyl groups is 1. The molecule has 3 nitrogen and oxygen atoms in total. The molecule has 1 heterocycles. The van der Waals surface area contributed by atoms with Gasteiger partial charge in [-0.25, -0.2) is 0 Å². The Morgan fingerprint density at radius 1 is 1.62 bits per heavy atom. The average molecular weight is 185 g/mol. The summed E-state index contributed by atoms with van der Waals surface area (Å²) in [4.78, 5) is 12.8. The van der Waals surface area contributed by atoms with E-state index < -0.39 is 0 Å². The van der Waals surface area contributed by atoms with Gasteiger partial charge < -0.3 is 10.0 Å². The van der Waals surface area contributed by atoms with Gasteiger partial charge in [0.1, 0.15) is 0 Å². The zero-order valence-electron chi connectivity index (χ0n) is 8.49. The van der Waals surface area contributed by atoms with Crippen molar-refractivity contribution in [3.63, 3.8) is 0 Å². The number of aliphatic hydroxyl groups excluding tert-OH is 1. The molecule has 0 spiro atoms. The Bertz CT molecular complexity index is 176. The van der Waals surface area contributed by atoms with Gasteiger partial charge in [0.15, 0.2) is 0 Å². The van der Waals surface area contributed by atoms with Crippen molar-refractivity contribution in [3.8, 4) is 0 Å². The minimum Gasteiger partial charge on any atom is -0.396 e. The van der Waals surface area contributed by atoms with Gasteiger partial charge in [-0.1, -0.05) is 6.92 Å². The number of amides is 1. The number of carbonyl (C=O) groups excluding carboxylic acids is 1. The molecule has 1 amide bonds. The second-order valence-electron chi connectivity index (χ2n) is 4.03. The van der Waals surface area contributed by atoms with Gasteiger partial charge in [0.25, 0.3) is 0 Å². The van der Waals surface area contributed by atoms with Crippen molar-refractivity contribution in [1.82, 2.24) is 4.90 Å². The van der Waals surface area contributed by atoms with Crippen LogP contribution >= 0.6 is 0 Å². The van der Waals surface area contributed by atoms with Gasteiger partial charge in [0.2, 0.25) is 5.91 Å². The molecule has 1 atom stereocenters. The van der Waals surface area contributed by atoms with Gasteiger partial charge in [-0.05, 0) is 24.7 Å². The van der Waals surface area contributed by atoms with Crippen molar-refractivity contribution in [2.75, 3.05) is 19.7 Å². The largest absolute Gasteiger partial charge is 0.396 e. The lowest BCUT2D eigenvalue weighted by atomic mass is 9.84. The Morgan fingerprint density at radius 2 is 2.23 bits per heavy atom. The molecule has 1 N–H and O–H groups in total. The quantitative estimate of drug-likeness (QED) is 0.706. The third-order valence-corrected chi connectivity index (χ3v) is 2.98. The van der Waals surface area contributed by atoms with E-state index in [1.54, 1.807) is 6.92 Å². The molecular weight excluding hydrogens is 166 g/mol. The lowest BCUT2D eigenvalue weighted by molar-refractivity contribution is -0.136. The average Bonchev–Trinajstić information content (AvgIpc) is 1.97. The molecular formula is C10H19NO2. The predicted octanol–water partition coefficient (Wildman–Crippen LogP) is 0.873. The number of likely N-dealkylation sites (tertiary alicyclic amines) is 1. The van der Waals surface area contributed by atoms with Crippen LogP contribution in [0.4, 0.5) is 0 Å². The minimum atomic E-state index is 0.186. The van der Waals surface area contributed by atoms with Crippen LogP contribution < -0.4 is 0 Å². The van der Waals surface area contributed by atoms with Gasteiger partial charge in [-0.3, -0.25) is 4.79 Å². The zero-order valence-corrected chi connectivity index (χ0v) is 8.49. The Hall–Kier alpha value is -0.570. The first kappa shape index (κ1) is 10.5. The normalized spacial score (nSPS) is 19.8. The van der Waals surface area contributed by atoms with E-state index in [-0.39, 0.29) is 12.5 Å². The summed E-state index contributed by atoms with van der Waals surface area (Å²) in [5.41, 5.74) is 0. The highest BCUT2D eigenvalue weighted by molar-refractivity contribution is 5.74. The fraction of sp³-hybridized carbons (Fsp3) is 0.900. The lowest BCUT2D eigenvalue weighted by Gasteiger charge is -2.42. The molecule has 1 fully saturated rings. The Balaban J connectivity index is 2.15. The second kappa shape index (κ2) is 4.61. The number of nitrogens with zero attached hydrogens (tertiary/aromatic N) is 1. The summed E-state index contributed by atoms with van der Waals surface area (Å²) >= 11 is 0. The Morgan fingerprint density at radius 3 is 2.69 bits per heavy atom. The second-order valence-corrected chi connectivity index (χ2v) is 4.03. The van der Waals surface area contributed by atoms with Gasteiger partial charge in [-0.15, -0.1) is 0 Å². The Kier molecular flexibility index (Phi) is 3.72. The number of rotatable bonds is 4. The molecule has 0 bridgehead atoms. The fourth-order valence-corrected chi connectivity index (χ4v) is 1.78.